The fraction of sp³-hybridized carbons (Fsp3) is 0.286. The Morgan fingerprint density at radius 1 is 1.45 bits per heavy atom. The van der Waals surface area contributed by atoms with Crippen molar-refractivity contribution in [3.8, 4) is 5.75 Å². The topological polar surface area (TPSA) is 67.0 Å². The average molecular weight is 338 g/mol. The summed E-state index contributed by atoms with van der Waals surface area (Å²) >= 11 is 3.37. The van der Waals surface area contributed by atoms with Gasteiger partial charge in [-0.3, -0.25) is 4.79 Å². The molecule has 1 aromatic heterocycles. The number of hydrogen-bond donors (Lipinski definition) is 2. The van der Waals surface area contributed by atoms with Gasteiger partial charge >= 0.3 is 0 Å². The number of halogens is 1. The molecule has 1 heterocycles. The standard InChI is InChI=1S/C14H16BrN3O2/c15-11-2-1-3-13(8-11)20-7-5-14(19)17-6-4-12-9-16-10-18-12/h1-3,8-10H,4-7H2,(H,16,18)(H,17,19). The molecule has 0 radical (unpaired) electrons. The number of benzene rings is 1. The Morgan fingerprint density at radius 2 is 2.35 bits per heavy atom. The molecule has 2 N–H and O–H groups in total. The van der Waals surface area contributed by atoms with Crippen LogP contribution in [0.3, 0.4) is 0 Å². The van der Waals surface area contributed by atoms with Crippen LogP contribution in [0.4, 0.5) is 0 Å². The third kappa shape index (κ3) is 5.05. The molecule has 1 aromatic carbocycles. The van der Waals surface area contributed by atoms with Crippen molar-refractivity contribution in [2.24, 2.45) is 0 Å². The monoisotopic (exact) mass is 337 g/mol. The molecule has 0 saturated carbocycles. The van der Waals surface area contributed by atoms with E-state index >= 15 is 0 Å². The summed E-state index contributed by atoms with van der Waals surface area (Å²) in [5, 5.41) is 2.84. The zero-order valence-electron chi connectivity index (χ0n) is 10.9. The van der Waals surface area contributed by atoms with Crippen molar-refractivity contribution >= 4 is 21.8 Å². The predicted molar refractivity (Wildman–Crippen MR) is 79.6 cm³/mol. The maximum Gasteiger partial charge on any atom is 0.223 e. The van der Waals surface area contributed by atoms with E-state index in [-0.39, 0.29) is 5.91 Å². The van der Waals surface area contributed by atoms with Crippen LogP contribution in [0.5, 0.6) is 5.75 Å². The number of carbonyl (C=O) groups is 1. The Hall–Kier alpha value is -1.82. The molecule has 2 rings (SSSR count). The maximum absolute atomic E-state index is 11.6. The van der Waals surface area contributed by atoms with E-state index in [2.05, 4.69) is 31.2 Å². The molecule has 0 fully saturated rings. The largest absolute Gasteiger partial charge is 0.493 e. The zero-order valence-corrected chi connectivity index (χ0v) is 12.5. The van der Waals surface area contributed by atoms with Gasteiger partial charge in [-0.1, -0.05) is 22.0 Å². The van der Waals surface area contributed by atoms with Gasteiger partial charge in [-0.25, -0.2) is 4.98 Å². The lowest BCUT2D eigenvalue weighted by Crippen LogP contribution is -2.27. The van der Waals surface area contributed by atoms with Gasteiger partial charge in [0.25, 0.3) is 0 Å². The van der Waals surface area contributed by atoms with Gasteiger partial charge in [0.2, 0.25) is 5.91 Å². The van der Waals surface area contributed by atoms with Gasteiger partial charge in [-0.05, 0) is 18.2 Å². The third-order valence-electron chi connectivity index (χ3n) is 2.67. The second-order valence-corrected chi connectivity index (χ2v) is 5.15. The highest BCUT2D eigenvalue weighted by Gasteiger charge is 2.02. The van der Waals surface area contributed by atoms with Crippen LogP contribution in [0, 0.1) is 0 Å². The van der Waals surface area contributed by atoms with Gasteiger partial charge in [0.15, 0.2) is 0 Å². The first-order valence-electron chi connectivity index (χ1n) is 6.36. The molecule has 0 spiro atoms. The van der Waals surface area contributed by atoms with Crippen molar-refractivity contribution in [1.29, 1.82) is 0 Å². The number of aromatic amines is 1. The highest BCUT2D eigenvalue weighted by atomic mass is 79.9. The minimum Gasteiger partial charge on any atom is -0.493 e. The molecule has 0 saturated heterocycles. The van der Waals surface area contributed by atoms with Crippen LogP contribution in [-0.4, -0.2) is 29.0 Å². The molecule has 0 unspecified atom stereocenters. The van der Waals surface area contributed by atoms with E-state index in [0.29, 0.717) is 19.6 Å². The van der Waals surface area contributed by atoms with E-state index in [4.69, 9.17) is 4.74 Å². The second-order valence-electron chi connectivity index (χ2n) is 4.23. The van der Waals surface area contributed by atoms with E-state index < -0.39 is 0 Å². The Balaban J connectivity index is 1.60. The number of imidazole rings is 1. The number of hydrogen-bond acceptors (Lipinski definition) is 3. The van der Waals surface area contributed by atoms with Crippen LogP contribution in [0.15, 0.2) is 41.3 Å². The van der Waals surface area contributed by atoms with Crippen molar-refractivity contribution in [3.63, 3.8) is 0 Å². The molecular weight excluding hydrogens is 322 g/mol. The second kappa shape index (κ2) is 7.69. The number of ether oxygens (including phenoxy) is 1. The van der Waals surface area contributed by atoms with Crippen LogP contribution in [0.25, 0.3) is 0 Å². The first kappa shape index (κ1) is 14.6. The van der Waals surface area contributed by atoms with Crippen molar-refractivity contribution in [2.75, 3.05) is 13.2 Å². The molecule has 0 atom stereocenters. The lowest BCUT2D eigenvalue weighted by Gasteiger charge is -2.07. The minimum absolute atomic E-state index is 0.0143. The summed E-state index contributed by atoms with van der Waals surface area (Å²) in [4.78, 5) is 18.5. The summed E-state index contributed by atoms with van der Waals surface area (Å²) in [6.07, 6.45) is 4.47. The molecule has 6 heteroatoms. The van der Waals surface area contributed by atoms with Crippen LogP contribution in [0.2, 0.25) is 0 Å². The van der Waals surface area contributed by atoms with E-state index in [9.17, 15) is 4.79 Å². The van der Waals surface area contributed by atoms with Gasteiger partial charge in [0, 0.05) is 29.3 Å². The van der Waals surface area contributed by atoms with Gasteiger partial charge in [0.1, 0.15) is 5.75 Å². The van der Waals surface area contributed by atoms with Crippen LogP contribution >= 0.6 is 15.9 Å². The zero-order chi connectivity index (χ0) is 14.2. The van der Waals surface area contributed by atoms with E-state index in [1.54, 1.807) is 12.5 Å². The Kier molecular flexibility index (Phi) is 5.61. The molecule has 0 aliphatic carbocycles. The van der Waals surface area contributed by atoms with Crippen molar-refractivity contribution in [2.45, 2.75) is 12.8 Å². The first-order chi connectivity index (χ1) is 9.74. The lowest BCUT2D eigenvalue weighted by molar-refractivity contribution is -0.121. The van der Waals surface area contributed by atoms with Crippen LogP contribution in [-0.2, 0) is 11.2 Å². The summed E-state index contributed by atoms with van der Waals surface area (Å²) < 4.78 is 6.46. The number of H-pyrrole nitrogens is 1. The van der Waals surface area contributed by atoms with Crippen molar-refractivity contribution in [3.05, 3.63) is 47.0 Å². The van der Waals surface area contributed by atoms with Gasteiger partial charge < -0.3 is 15.0 Å². The molecule has 0 aliphatic rings. The molecule has 2 aromatic rings. The number of nitrogens with zero attached hydrogens (tertiary/aromatic N) is 1. The molecule has 1 amide bonds. The maximum atomic E-state index is 11.6. The smallest absolute Gasteiger partial charge is 0.223 e. The summed E-state index contributed by atoms with van der Waals surface area (Å²) in [6.45, 7) is 0.963. The summed E-state index contributed by atoms with van der Waals surface area (Å²) in [7, 11) is 0. The van der Waals surface area contributed by atoms with Crippen LogP contribution < -0.4 is 10.1 Å². The SMILES string of the molecule is O=C(CCOc1cccc(Br)c1)NCCc1cnc[nH]1. The summed E-state index contributed by atoms with van der Waals surface area (Å²) in [6, 6.07) is 7.55. The molecule has 106 valence electrons. The molecule has 0 aliphatic heterocycles. The first-order valence-corrected chi connectivity index (χ1v) is 7.15. The van der Waals surface area contributed by atoms with E-state index in [1.807, 2.05) is 24.3 Å². The molecule has 0 bridgehead atoms. The molecule has 20 heavy (non-hydrogen) atoms. The van der Waals surface area contributed by atoms with Crippen molar-refractivity contribution < 1.29 is 9.53 Å². The number of nitrogens with one attached hydrogen (secondary N) is 2. The third-order valence-corrected chi connectivity index (χ3v) is 3.16. The number of rotatable bonds is 7. The Bertz CT molecular complexity index is 543. The highest BCUT2D eigenvalue weighted by molar-refractivity contribution is 9.10. The molecular formula is C14H16BrN3O2. The normalized spacial score (nSPS) is 10.2. The Labute approximate surface area is 125 Å². The number of carbonyl (C=O) groups excluding carboxylic acids is 1. The lowest BCUT2D eigenvalue weighted by atomic mass is 10.3. The fourth-order valence-corrected chi connectivity index (χ4v) is 2.04. The number of amides is 1. The predicted octanol–water partition coefficient (Wildman–Crippen LogP) is 2.30. The van der Waals surface area contributed by atoms with Gasteiger partial charge in [-0.2, -0.15) is 0 Å². The van der Waals surface area contributed by atoms with Gasteiger partial charge in [-0.15, -0.1) is 0 Å². The number of aromatic nitrogens is 2. The van der Waals surface area contributed by atoms with E-state index in [0.717, 1.165) is 22.3 Å². The average Bonchev–Trinajstić information content (AvgIpc) is 2.92. The Morgan fingerprint density at radius 3 is 3.10 bits per heavy atom. The van der Waals surface area contributed by atoms with Crippen molar-refractivity contribution in [1.82, 2.24) is 15.3 Å². The van der Waals surface area contributed by atoms with Gasteiger partial charge in [0.05, 0.1) is 19.4 Å². The fourth-order valence-electron chi connectivity index (χ4n) is 1.66. The van der Waals surface area contributed by atoms with Crippen LogP contribution in [0.1, 0.15) is 12.1 Å². The van der Waals surface area contributed by atoms with E-state index in [1.165, 1.54) is 0 Å². The summed E-state index contributed by atoms with van der Waals surface area (Å²) in [5.41, 5.74) is 1.01. The highest BCUT2D eigenvalue weighted by Crippen LogP contribution is 2.17. The minimum atomic E-state index is -0.0143. The molecule has 5 nitrogen and oxygen atoms in total. The summed E-state index contributed by atoms with van der Waals surface area (Å²) in [5.74, 6) is 0.740. The quantitative estimate of drug-likeness (QED) is 0.814.